The Kier molecular flexibility index (Phi) is 3.41. The first-order valence-corrected chi connectivity index (χ1v) is 7.25. The molecule has 2 aromatic rings. The molecular formula is C10H10BrN2O3S+. The van der Waals surface area contributed by atoms with Gasteiger partial charge >= 0.3 is 0 Å². The van der Waals surface area contributed by atoms with E-state index in [0.29, 0.717) is 0 Å². The molecule has 7 heteroatoms. The Morgan fingerprint density at radius 1 is 1.35 bits per heavy atom. The number of aryl methyl sites for hydroxylation is 1. The summed E-state index contributed by atoms with van der Waals surface area (Å²) in [6.45, 7) is 0.130. The zero-order valence-corrected chi connectivity index (χ0v) is 11.1. The highest BCUT2D eigenvalue weighted by Gasteiger charge is 2.11. The lowest BCUT2D eigenvalue weighted by Gasteiger charge is -1.97. The van der Waals surface area contributed by atoms with E-state index < -0.39 is 10.1 Å². The Balaban J connectivity index is 2.29. The normalized spacial score (nSPS) is 11.9. The number of halogens is 1. The monoisotopic (exact) mass is 317 g/mol. The van der Waals surface area contributed by atoms with Gasteiger partial charge in [0.05, 0.1) is 0 Å². The Morgan fingerprint density at radius 3 is 2.82 bits per heavy atom. The molecule has 2 rings (SSSR count). The van der Waals surface area contributed by atoms with E-state index in [-0.39, 0.29) is 12.3 Å². The van der Waals surface area contributed by atoms with Gasteiger partial charge in [0.1, 0.15) is 11.3 Å². The van der Waals surface area contributed by atoms with Gasteiger partial charge in [0.25, 0.3) is 10.1 Å². The molecule has 1 heterocycles. The van der Waals surface area contributed by atoms with Gasteiger partial charge < -0.3 is 0 Å². The Hall–Kier alpha value is -1.05. The molecular weight excluding hydrogens is 308 g/mol. The largest absolute Gasteiger partial charge is 0.285 e. The van der Waals surface area contributed by atoms with Crippen LogP contribution in [0.4, 0.5) is 0 Å². The number of aromatic nitrogens is 2. The minimum atomic E-state index is -3.95. The van der Waals surface area contributed by atoms with Gasteiger partial charge in [-0.2, -0.15) is 8.42 Å². The lowest BCUT2D eigenvalue weighted by atomic mass is 10.2. The van der Waals surface area contributed by atoms with Crippen molar-refractivity contribution in [2.45, 2.75) is 6.54 Å². The Bertz CT molecular complexity index is 658. The van der Waals surface area contributed by atoms with Crippen molar-refractivity contribution in [2.24, 2.45) is 0 Å². The molecule has 5 nitrogen and oxygen atoms in total. The van der Waals surface area contributed by atoms with Crippen LogP contribution in [0.2, 0.25) is 0 Å². The van der Waals surface area contributed by atoms with E-state index in [1.807, 2.05) is 24.3 Å². The highest BCUT2D eigenvalue weighted by Crippen LogP contribution is 2.16. The number of nitrogens with zero attached hydrogens (tertiary/aromatic N) is 2. The summed E-state index contributed by atoms with van der Waals surface area (Å²) in [7, 11) is -3.95. The topological polar surface area (TPSA) is 71.1 Å². The summed E-state index contributed by atoms with van der Waals surface area (Å²) in [6, 6.07) is 7.47. The third-order valence-corrected chi connectivity index (χ3v) is 3.42. The lowest BCUT2D eigenvalue weighted by Crippen LogP contribution is -2.40. The summed E-state index contributed by atoms with van der Waals surface area (Å²) in [4.78, 5) is 0. The molecule has 17 heavy (non-hydrogen) atoms. The second-order valence-electron chi connectivity index (χ2n) is 3.57. The van der Waals surface area contributed by atoms with E-state index in [4.69, 9.17) is 4.55 Å². The summed E-state index contributed by atoms with van der Waals surface area (Å²) in [5, 5.41) is 5.20. The summed E-state index contributed by atoms with van der Waals surface area (Å²) in [6.07, 6.45) is 1.68. The van der Waals surface area contributed by atoms with Crippen LogP contribution in [0, 0.1) is 0 Å². The van der Waals surface area contributed by atoms with Crippen LogP contribution in [0.15, 0.2) is 34.9 Å². The van der Waals surface area contributed by atoms with Crippen LogP contribution >= 0.6 is 15.9 Å². The highest BCUT2D eigenvalue weighted by atomic mass is 79.9. The fraction of sp³-hybridized carbons (Fsp3) is 0.200. The van der Waals surface area contributed by atoms with Crippen molar-refractivity contribution >= 4 is 37.0 Å². The van der Waals surface area contributed by atoms with Crippen molar-refractivity contribution in [1.29, 1.82) is 0 Å². The number of fused-ring (bicyclic) bond motifs is 1. The maximum absolute atomic E-state index is 10.6. The molecule has 0 aliphatic carbocycles. The second kappa shape index (κ2) is 4.67. The average Bonchev–Trinajstić information content (AvgIpc) is 2.25. The standard InChI is InChI=1S/C10H9BrN2O3S/c11-9-1-2-10-8(7-9)3-4-13(12-10)5-6-17(14,15)16/h1-4,7H,5-6H2/p+1. The molecule has 0 unspecified atom stereocenters. The highest BCUT2D eigenvalue weighted by molar-refractivity contribution is 9.10. The van der Waals surface area contributed by atoms with Gasteiger partial charge in [-0.25, -0.2) is 0 Å². The van der Waals surface area contributed by atoms with Crippen LogP contribution in [0.3, 0.4) is 0 Å². The maximum Gasteiger partial charge on any atom is 0.271 e. The van der Waals surface area contributed by atoms with Gasteiger partial charge in [-0.1, -0.05) is 20.6 Å². The molecule has 90 valence electrons. The number of hydrogen-bond acceptors (Lipinski definition) is 3. The fourth-order valence-electron chi connectivity index (χ4n) is 1.42. The number of hydrogen-bond donors (Lipinski definition) is 1. The molecule has 0 aliphatic heterocycles. The molecule has 1 aromatic carbocycles. The van der Waals surface area contributed by atoms with Crippen LogP contribution in [0.1, 0.15) is 0 Å². The van der Waals surface area contributed by atoms with E-state index in [1.165, 1.54) is 4.68 Å². The van der Waals surface area contributed by atoms with E-state index in [2.05, 4.69) is 21.0 Å². The molecule has 1 N–H and O–H groups in total. The van der Waals surface area contributed by atoms with E-state index in [1.54, 1.807) is 6.20 Å². The summed E-state index contributed by atoms with van der Waals surface area (Å²) in [5.74, 6) is -0.341. The van der Waals surface area contributed by atoms with Crippen LogP contribution < -0.4 is 4.68 Å². The van der Waals surface area contributed by atoms with Crippen molar-refractivity contribution in [3.8, 4) is 0 Å². The zero-order chi connectivity index (χ0) is 12.5. The fourth-order valence-corrected chi connectivity index (χ4v) is 2.22. The van der Waals surface area contributed by atoms with Crippen molar-refractivity contribution in [1.82, 2.24) is 5.10 Å². The molecule has 0 bridgehead atoms. The van der Waals surface area contributed by atoms with Gasteiger partial charge in [0.15, 0.2) is 12.7 Å². The molecule has 0 saturated carbocycles. The van der Waals surface area contributed by atoms with Crippen molar-refractivity contribution in [3.63, 3.8) is 0 Å². The van der Waals surface area contributed by atoms with Crippen LogP contribution in [-0.2, 0) is 16.7 Å². The third-order valence-electron chi connectivity index (χ3n) is 2.23. The van der Waals surface area contributed by atoms with E-state index in [9.17, 15) is 8.42 Å². The molecule has 0 saturated heterocycles. The molecule has 0 spiro atoms. The first-order chi connectivity index (χ1) is 7.94. The minimum absolute atomic E-state index is 0.130. The van der Waals surface area contributed by atoms with Crippen LogP contribution in [0.5, 0.6) is 0 Å². The molecule has 0 radical (unpaired) electrons. The number of rotatable bonds is 3. The predicted octanol–water partition coefficient (Wildman–Crippen LogP) is 1.17. The van der Waals surface area contributed by atoms with Crippen molar-refractivity contribution in [2.75, 3.05) is 5.75 Å². The van der Waals surface area contributed by atoms with Gasteiger partial charge in [0, 0.05) is 21.0 Å². The van der Waals surface area contributed by atoms with Gasteiger partial charge in [-0.05, 0) is 18.2 Å². The van der Waals surface area contributed by atoms with Gasteiger partial charge in [-0.3, -0.25) is 4.55 Å². The smallest absolute Gasteiger partial charge is 0.271 e. The quantitative estimate of drug-likeness (QED) is 0.681. The molecule has 0 fully saturated rings. The summed E-state index contributed by atoms with van der Waals surface area (Å²) >= 11 is 3.36. The minimum Gasteiger partial charge on any atom is -0.285 e. The predicted molar refractivity (Wildman–Crippen MR) is 66.1 cm³/mol. The molecule has 0 aliphatic rings. The van der Waals surface area contributed by atoms with E-state index in [0.717, 1.165) is 15.4 Å². The third kappa shape index (κ3) is 3.45. The van der Waals surface area contributed by atoms with Crippen molar-refractivity contribution in [3.05, 3.63) is 34.9 Å². The van der Waals surface area contributed by atoms with Crippen LogP contribution in [-0.4, -0.2) is 23.8 Å². The first kappa shape index (κ1) is 12.4. The molecule has 0 amide bonds. The summed E-state index contributed by atoms with van der Waals surface area (Å²) < 4.78 is 32.3. The zero-order valence-electron chi connectivity index (χ0n) is 8.75. The van der Waals surface area contributed by atoms with Crippen molar-refractivity contribution < 1.29 is 17.7 Å². The Morgan fingerprint density at radius 2 is 2.12 bits per heavy atom. The maximum atomic E-state index is 10.6. The number of benzene rings is 1. The van der Waals surface area contributed by atoms with Gasteiger partial charge in [0.2, 0.25) is 0 Å². The average molecular weight is 318 g/mol. The second-order valence-corrected chi connectivity index (χ2v) is 6.06. The van der Waals surface area contributed by atoms with E-state index >= 15 is 0 Å². The lowest BCUT2D eigenvalue weighted by molar-refractivity contribution is -0.747. The Labute approximate surface area is 107 Å². The molecule has 0 atom stereocenters. The first-order valence-electron chi connectivity index (χ1n) is 4.85. The van der Waals surface area contributed by atoms with Crippen LogP contribution in [0.25, 0.3) is 10.9 Å². The molecule has 1 aromatic heterocycles. The SMILES string of the molecule is O=S(=O)(O)CC[n+]1ccc2cc(Br)ccc2n1. The summed E-state index contributed by atoms with van der Waals surface area (Å²) in [5.41, 5.74) is 0.769. The van der Waals surface area contributed by atoms with Gasteiger partial charge in [-0.15, -0.1) is 0 Å².